The molecule has 1 rings (SSSR count). The molecule has 1 aliphatic rings. The van der Waals surface area contributed by atoms with Crippen molar-refractivity contribution in [1.82, 2.24) is 5.32 Å². The van der Waals surface area contributed by atoms with Crippen LogP contribution in [0.3, 0.4) is 0 Å². The first-order chi connectivity index (χ1) is 5.93. The summed E-state index contributed by atoms with van der Waals surface area (Å²) in [5, 5.41) is 11.7. The molecule has 0 aromatic carbocycles. The van der Waals surface area contributed by atoms with Gasteiger partial charge in [-0.3, -0.25) is 0 Å². The van der Waals surface area contributed by atoms with Crippen LogP contribution in [0.4, 0.5) is 0 Å². The van der Waals surface area contributed by atoms with Gasteiger partial charge in [-0.15, -0.1) is 0 Å². The van der Waals surface area contributed by atoms with Crippen LogP contribution in [-0.4, -0.2) is 44.3 Å². The van der Waals surface area contributed by atoms with E-state index in [1.807, 2.05) is 0 Å². The van der Waals surface area contributed by atoms with Crippen molar-refractivity contribution >= 4 is 0 Å². The number of aliphatic hydroxyl groups is 1. The van der Waals surface area contributed by atoms with Gasteiger partial charge in [-0.2, -0.15) is 0 Å². The molecule has 1 saturated heterocycles. The number of nitrogens with one attached hydrogen (secondary N) is 1. The van der Waals surface area contributed by atoms with Gasteiger partial charge >= 0.3 is 0 Å². The van der Waals surface area contributed by atoms with E-state index >= 15 is 0 Å². The molecule has 1 aliphatic heterocycles. The Morgan fingerprint density at radius 3 is 3.08 bits per heavy atom. The molecule has 0 aliphatic carbocycles. The molecular formula is C8H17NO3. The zero-order chi connectivity index (χ0) is 8.65. The molecule has 0 amide bonds. The molecule has 12 heavy (non-hydrogen) atoms. The highest BCUT2D eigenvalue weighted by Gasteiger charge is 2.12. The van der Waals surface area contributed by atoms with Crippen LogP contribution in [0, 0.1) is 0 Å². The molecule has 1 unspecified atom stereocenters. The van der Waals surface area contributed by atoms with Gasteiger partial charge in [0, 0.05) is 13.2 Å². The Balaban J connectivity index is 1.91. The predicted octanol–water partition coefficient (Wildman–Crippen LogP) is -0.279. The molecule has 1 atom stereocenters. The molecule has 0 saturated carbocycles. The minimum atomic E-state index is 0.252. The van der Waals surface area contributed by atoms with Gasteiger partial charge in [-0.1, -0.05) is 0 Å². The van der Waals surface area contributed by atoms with Crippen LogP contribution in [0.5, 0.6) is 0 Å². The molecule has 0 radical (unpaired) electrons. The minimum absolute atomic E-state index is 0.252. The van der Waals surface area contributed by atoms with Crippen molar-refractivity contribution in [1.29, 1.82) is 0 Å². The number of ether oxygens (including phenoxy) is 2. The normalized spacial score (nSPS) is 24.2. The Hall–Kier alpha value is -0.160. The summed E-state index contributed by atoms with van der Waals surface area (Å²) >= 11 is 0. The first-order valence-electron chi connectivity index (χ1n) is 4.44. The van der Waals surface area contributed by atoms with E-state index in [2.05, 4.69) is 5.32 Å². The lowest BCUT2D eigenvalue weighted by Gasteiger charge is -2.22. The summed E-state index contributed by atoms with van der Waals surface area (Å²) in [6.07, 6.45) is 2.06. The van der Waals surface area contributed by atoms with Crippen LogP contribution in [0.25, 0.3) is 0 Å². The predicted molar refractivity (Wildman–Crippen MR) is 44.9 cm³/mol. The van der Waals surface area contributed by atoms with Crippen molar-refractivity contribution < 1.29 is 14.6 Å². The highest BCUT2D eigenvalue weighted by molar-refractivity contribution is 4.63. The van der Waals surface area contributed by atoms with E-state index in [1.165, 1.54) is 0 Å². The van der Waals surface area contributed by atoms with E-state index in [0.29, 0.717) is 6.79 Å². The minimum Gasteiger partial charge on any atom is -0.396 e. The zero-order valence-corrected chi connectivity index (χ0v) is 7.29. The van der Waals surface area contributed by atoms with E-state index in [-0.39, 0.29) is 12.7 Å². The van der Waals surface area contributed by atoms with Gasteiger partial charge in [0.1, 0.15) is 6.79 Å². The summed E-state index contributed by atoms with van der Waals surface area (Å²) in [5.41, 5.74) is 0. The van der Waals surface area contributed by atoms with Crippen molar-refractivity contribution in [3.63, 3.8) is 0 Å². The molecule has 0 aromatic rings. The number of aliphatic hydroxyl groups excluding tert-OH is 1. The second kappa shape index (κ2) is 6.37. The lowest BCUT2D eigenvalue weighted by molar-refractivity contribution is -0.137. The molecule has 2 N–H and O–H groups in total. The SMILES string of the molecule is OCCCNCC1CCOCO1. The maximum Gasteiger partial charge on any atom is 0.147 e. The van der Waals surface area contributed by atoms with Crippen molar-refractivity contribution in [2.24, 2.45) is 0 Å². The third-order valence-electron chi connectivity index (χ3n) is 1.85. The molecule has 4 heteroatoms. The maximum atomic E-state index is 8.51. The Labute approximate surface area is 72.9 Å². The van der Waals surface area contributed by atoms with Crippen LogP contribution in [0.2, 0.25) is 0 Å². The van der Waals surface area contributed by atoms with Crippen LogP contribution in [-0.2, 0) is 9.47 Å². The van der Waals surface area contributed by atoms with Crippen molar-refractivity contribution in [3.05, 3.63) is 0 Å². The lowest BCUT2D eigenvalue weighted by Crippen LogP contribution is -2.34. The fraction of sp³-hybridized carbons (Fsp3) is 1.00. The monoisotopic (exact) mass is 175 g/mol. The summed E-state index contributed by atoms with van der Waals surface area (Å²) < 4.78 is 10.3. The summed E-state index contributed by atoms with van der Waals surface area (Å²) in [4.78, 5) is 0. The van der Waals surface area contributed by atoms with Gasteiger partial charge in [0.15, 0.2) is 0 Å². The topological polar surface area (TPSA) is 50.7 Å². The standard InChI is InChI=1S/C8H17NO3/c10-4-1-3-9-6-8-2-5-11-7-12-8/h8-10H,1-7H2. The summed E-state index contributed by atoms with van der Waals surface area (Å²) in [7, 11) is 0. The molecule has 1 fully saturated rings. The van der Waals surface area contributed by atoms with Crippen LogP contribution < -0.4 is 5.32 Å². The second-order valence-corrected chi connectivity index (χ2v) is 2.88. The zero-order valence-electron chi connectivity index (χ0n) is 7.29. The summed E-state index contributed by atoms with van der Waals surface area (Å²) in [6.45, 7) is 3.20. The molecule has 0 bridgehead atoms. The van der Waals surface area contributed by atoms with Crippen molar-refractivity contribution in [2.45, 2.75) is 18.9 Å². The highest BCUT2D eigenvalue weighted by Crippen LogP contribution is 2.03. The lowest BCUT2D eigenvalue weighted by atomic mass is 10.2. The van der Waals surface area contributed by atoms with E-state index in [0.717, 1.165) is 32.5 Å². The van der Waals surface area contributed by atoms with E-state index in [1.54, 1.807) is 0 Å². The van der Waals surface area contributed by atoms with Gasteiger partial charge in [0.2, 0.25) is 0 Å². The third-order valence-corrected chi connectivity index (χ3v) is 1.85. The van der Waals surface area contributed by atoms with E-state index in [9.17, 15) is 0 Å². The molecule has 72 valence electrons. The fourth-order valence-corrected chi connectivity index (χ4v) is 1.13. The molecule has 0 spiro atoms. The fourth-order valence-electron chi connectivity index (χ4n) is 1.13. The van der Waals surface area contributed by atoms with E-state index in [4.69, 9.17) is 14.6 Å². The smallest absolute Gasteiger partial charge is 0.147 e. The Kier molecular flexibility index (Phi) is 5.27. The van der Waals surface area contributed by atoms with Crippen LogP contribution in [0.1, 0.15) is 12.8 Å². The van der Waals surface area contributed by atoms with E-state index < -0.39 is 0 Å². The quantitative estimate of drug-likeness (QED) is 0.564. The Morgan fingerprint density at radius 2 is 2.42 bits per heavy atom. The average molecular weight is 175 g/mol. The largest absolute Gasteiger partial charge is 0.396 e. The molecule has 0 aromatic heterocycles. The van der Waals surface area contributed by atoms with Gasteiger partial charge < -0.3 is 19.9 Å². The van der Waals surface area contributed by atoms with Crippen LogP contribution >= 0.6 is 0 Å². The number of hydrogen-bond donors (Lipinski definition) is 2. The van der Waals surface area contributed by atoms with Gasteiger partial charge in [-0.05, 0) is 19.4 Å². The molecule has 4 nitrogen and oxygen atoms in total. The summed E-state index contributed by atoms with van der Waals surface area (Å²) in [5.74, 6) is 0. The van der Waals surface area contributed by atoms with Crippen LogP contribution in [0.15, 0.2) is 0 Å². The molecule has 1 heterocycles. The summed E-state index contributed by atoms with van der Waals surface area (Å²) in [6, 6.07) is 0. The van der Waals surface area contributed by atoms with Gasteiger partial charge in [0.25, 0.3) is 0 Å². The maximum absolute atomic E-state index is 8.51. The average Bonchev–Trinajstić information content (AvgIpc) is 2.14. The highest BCUT2D eigenvalue weighted by atomic mass is 16.7. The first-order valence-corrected chi connectivity index (χ1v) is 4.44. The second-order valence-electron chi connectivity index (χ2n) is 2.88. The third kappa shape index (κ3) is 4.01. The van der Waals surface area contributed by atoms with Crippen molar-refractivity contribution in [3.8, 4) is 0 Å². The van der Waals surface area contributed by atoms with Crippen molar-refractivity contribution in [2.75, 3.05) is 33.1 Å². The molecular weight excluding hydrogens is 158 g/mol. The number of rotatable bonds is 5. The van der Waals surface area contributed by atoms with Gasteiger partial charge in [-0.25, -0.2) is 0 Å². The first kappa shape index (κ1) is 9.92. The van der Waals surface area contributed by atoms with Gasteiger partial charge in [0.05, 0.1) is 12.7 Å². The number of hydrogen-bond acceptors (Lipinski definition) is 4. The Morgan fingerprint density at radius 1 is 1.50 bits per heavy atom. The Bertz CT molecular complexity index is 104.